The first-order chi connectivity index (χ1) is 7.95. The van der Waals surface area contributed by atoms with Gasteiger partial charge in [0.05, 0.1) is 19.8 Å². The number of methoxy groups -OCH3 is 1. The van der Waals surface area contributed by atoms with Gasteiger partial charge in [0.15, 0.2) is 5.78 Å². The van der Waals surface area contributed by atoms with Gasteiger partial charge in [0, 0.05) is 0 Å². The highest BCUT2D eigenvalue weighted by Gasteiger charge is 2.14. The van der Waals surface area contributed by atoms with Crippen molar-refractivity contribution < 1.29 is 19.1 Å². The molecule has 4 nitrogen and oxygen atoms in total. The first-order valence-electron chi connectivity index (χ1n) is 4.65. The van der Waals surface area contributed by atoms with Crippen LogP contribution in [0.2, 0.25) is 0 Å². The minimum atomic E-state index is -0.501. The molecule has 1 aromatic carbocycles. The van der Waals surface area contributed by atoms with Gasteiger partial charge >= 0.3 is 5.97 Å². The molecule has 0 N–H and O–H groups in total. The zero-order chi connectivity index (χ0) is 13.0. The summed E-state index contributed by atoms with van der Waals surface area (Å²) in [6.45, 7) is 1.17. The van der Waals surface area contributed by atoms with Crippen molar-refractivity contribution in [2.24, 2.45) is 0 Å². The number of carbonyl (C=O) groups is 2. The SMILES string of the molecule is COc1c(I)cc(C(=O)OCC(C)=O)cc1I. The Balaban J connectivity index is 2.92. The molecule has 92 valence electrons. The summed E-state index contributed by atoms with van der Waals surface area (Å²) in [4.78, 5) is 22.3. The molecule has 0 heterocycles. The lowest BCUT2D eigenvalue weighted by Gasteiger charge is -2.08. The molecule has 0 aliphatic heterocycles. The fourth-order valence-corrected chi connectivity index (χ4v) is 3.33. The molecule has 0 atom stereocenters. The quantitative estimate of drug-likeness (QED) is 0.513. The number of carbonyl (C=O) groups excluding carboxylic acids is 2. The van der Waals surface area contributed by atoms with Crippen molar-refractivity contribution in [2.45, 2.75) is 6.92 Å². The van der Waals surface area contributed by atoms with E-state index < -0.39 is 5.97 Å². The fourth-order valence-electron chi connectivity index (χ4n) is 1.12. The van der Waals surface area contributed by atoms with E-state index in [1.807, 2.05) is 0 Å². The number of Topliss-reactive ketones (excluding diaryl/α,β-unsaturated/α-hetero) is 1. The highest BCUT2D eigenvalue weighted by molar-refractivity contribution is 14.1. The van der Waals surface area contributed by atoms with E-state index in [9.17, 15) is 9.59 Å². The summed E-state index contributed by atoms with van der Waals surface area (Å²) in [6.07, 6.45) is 0. The topological polar surface area (TPSA) is 52.6 Å². The molecule has 0 saturated heterocycles. The Hall–Kier alpha value is -0.380. The molecule has 0 unspecified atom stereocenters. The zero-order valence-electron chi connectivity index (χ0n) is 9.25. The molecule has 6 heteroatoms. The number of halogens is 2. The Morgan fingerprint density at radius 3 is 2.18 bits per heavy atom. The molecule has 0 radical (unpaired) electrons. The van der Waals surface area contributed by atoms with Crippen LogP contribution in [-0.4, -0.2) is 25.5 Å². The molecule has 0 aliphatic rings. The first-order valence-corrected chi connectivity index (χ1v) is 6.81. The number of hydrogen-bond donors (Lipinski definition) is 0. The molecule has 0 aliphatic carbocycles. The minimum Gasteiger partial charge on any atom is -0.495 e. The maximum absolute atomic E-state index is 11.6. The lowest BCUT2D eigenvalue weighted by atomic mass is 10.2. The third-order valence-electron chi connectivity index (χ3n) is 1.84. The van der Waals surface area contributed by atoms with Crippen molar-refractivity contribution in [1.82, 2.24) is 0 Å². The van der Waals surface area contributed by atoms with E-state index in [2.05, 4.69) is 45.2 Å². The molecular formula is C11H10I2O4. The van der Waals surface area contributed by atoms with E-state index >= 15 is 0 Å². The number of ether oxygens (including phenoxy) is 2. The van der Waals surface area contributed by atoms with Crippen LogP contribution >= 0.6 is 45.2 Å². The minimum absolute atomic E-state index is 0.184. The molecule has 17 heavy (non-hydrogen) atoms. The van der Waals surface area contributed by atoms with Gasteiger partial charge in [-0.2, -0.15) is 0 Å². The van der Waals surface area contributed by atoms with Crippen molar-refractivity contribution in [3.8, 4) is 5.75 Å². The molecule has 0 aromatic heterocycles. The summed E-state index contributed by atoms with van der Waals surface area (Å²) < 4.78 is 11.7. The molecule has 0 amide bonds. The van der Waals surface area contributed by atoms with Crippen molar-refractivity contribution >= 4 is 56.9 Å². The second-order valence-corrected chi connectivity index (χ2v) is 5.58. The van der Waals surface area contributed by atoms with Crippen LogP contribution in [0, 0.1) is 7.14 Å². The van der Waals surface area contributed by atoms with Crippen LogP contribution in [0.3, 0.4) is 0 Å². The van der Waals surface area contributed by atoms with Gasteiger partial charge in [-0.3, -0.25) is 4.79 Å². The van der Waals surface area contributed by atoms with Crippen molar-refractivity contribution in [2.75, 3.05) is 13.7 Å². The van der Waals surface area contributed by atoms with Gasteiger partial charge in [0.1, 0.15) is 12.4 Å². The van der Waals surface area contributed by atoms with E-state index in [1.165, 1.54) is 6.92 Å². The average Bonchev–Trinajstić information content (AvgIpc) is 2.25. The van der Waals surface area contributed by atoms with Crippen molar-refractivity contribution in [3.05, 3.63) is 24.8 Å². The van der Waals surface area contributed by atoms with Gasteiger partial charge in [-0.15, -0.1) is 0 Å². The van der Waals surface area contributed by atoms with Crippen LogP contribution < -0.4 is 4.74 Å². The molecule has 0 spiro atoms. The maximum atomic E-state index is 11.6. The summed E-state index contributed by atoms with van der Waals surface area (Å²) in [5, 5.41) is 0. The van der Waals surface area contributed by atoms with Crippen molar-refractivity contribution in [3.63, 3.8) is 0 Å². The summed E-state index contributed by atoms with van der Waals surface area (Å²) >= 11 is 4.16. The highest BCUT2D eigenvalue weighted by atomic mass is 127. The number of rotatable bonds is 4. The molecule has 0 bridgehead atoms. The van der Waals surface area contributed by atoms with Gasteiger partial charge in [-0.25, -0.2) is 4.79 Å². The molecule has 0 saturated carbocycles. The number of esters is 1. The van der Waals surface area contributed by atoms with Crippen molar-refractivity contribution in [1.29, 1.82) is 0 Å². The molecule has 1 aromatic rings. The Morgan fingerprint density at radius 1 is 1.24 bits per heavy atom. The van der Waals surface area contributed by atoms with Crippen LogP contribution in [0.25, 0.3) is 0 Å². The summed E-state index contributed by atoms with van der Waals surface area (Å²) in [6, 6.07) is 3.34. The monoisotopic (exact) mass is 460 g/mol. The van der Waals surface area contributed by atoms with Crippen LogP contribution in [0.5, 0.6) is 5.75 Å². The van der Waals surface area contributed by atoms with Gasteiger partial charge in [0.2, 0.25) is 0 Å². The average molecular weight is 460 g/mol. The normalized spacial score (nSPS) is 9.88. The van der Waals surface area contributed by atoms with Gasteiger partial charge in [-0.05, 0) is 64.2 Å². The van der Waals surface area contributed by atoms with Crippen LogP contribution in [0.4, 0.5) is 0 Å². The van der Waals surface area contributed by atoms with Crippen LogP contribution in [0.1, 0.15) is 17.3 Å². The summed E-state index contributed by atoms with van der Waals surface area (Å²) in [7, 11) is 1.58. The fraction of sp³-hybridized carbons (Fsp3) is 0.273. The maximum Gasteiger partial charge on any atom is 0.338 e. The number of ketones is 1. The van der Waals surface area contributed by atoms with E-state index in [-0.39, 0.29) is 12.4 Å². The Kier molecular flexibility index (Phi) is 5.63. The van der Waals surface area contributed by atoms with E-state index in [0.717, 1.165) is 12.9 Å². The molecule has 0 fully saturated rings. The van der Waals surface area contributed by atoms with Gasteiger partial charge < -0.3 is 9.47 Å². The highest BCUT2D eigenvalue weighted by Crippen LogP contribution is 2.28. The molecule has 1 rings (SSSR count). The number of benzene rings is 1. The molecular weight excluding hydrogens is 450 g/mol. The zero-order valence-corrected chi connectivity index (χ0v) is 13.6. The number of hydrogen-bond acceptors (Lipinski definition) is 4. The smallest absolute Gasteiger partial charge is 0.338 e. The van der Waals surface area contributed by atoms with Gasteiger partial charge in [-0.1, -0.05) is 0 Å². The summed E-state index contributed by atoms with van der Waals surface area (Å²) in [5.41, 5.74) is 0.417. The largest absolute Gasteiger partial charge is 0.495 e. The van der Waals surface area contributed by atoms with E-state index in [4.69, 9.17) is 9.47 Å². The first kappa shape index (κ1) is 14.7. The predicted molar refractivity (Wildman–Crippen MR) is 79.4 cm³/mol. The second-order valence-electron chi connectivity index (χ2n) is 3.25. The third-order valence-corrected chi connectivity index (χ3v) is 3.45. The lowest BCUT2D eigenvalue weighted by molar-refractivity contribution is -0.120. The predicted octanol–water partition coefficient (Wildman–Crippen LogP) is 2.65. The van der Waals surface area contributed by atoms with Crippen LogP contribution in [-0.2, 0) is 9.53 Å². The van der Waals surface area contributed by atoms with Gasteiger partial charge in [0.25, 0.3) is 0 Å². The van der Waals surface area contributed by atoms with E-state index in [0.29, 0.717) is 5.56 Å². The van der Waals surface area contributed by atoms with Crippen LogP contribution in [0.15, 0.2) is 12.1 Å². The second kappa shape index (κ2) is 6.53. The standard InChI is InChI=1S/C11H10I2O4/c1-6(14)5-17-11(15)7-3-8(12)10(16-2)9(13)4-7/h3-4H,5H2,1-2H3. The Morgan fingerprint density at radius 2 is 1.76 bits per heavy atom. The Bertz CT molecular complexity index is 434. The Labute approximate surface area is 126 Å². The lowest BCUT2D eigenvalue weighted by Crippen LogP contribution is -2.12. The summed E-state index contributed by atoms with van der Waals surface area (Å²) in [5.74, 6) is 0.0456. The van der Waals surface area contributed by atoms with E-state index in [1.54, 1.807) is 19.2 Å². The third kappa shape index (κ3) is 4.09.